The van der Waals surface area contributed by atoms with E-state index in [1.54, 1.807) is 0 Å². The Kier molecular flexibility index (Phi) is 3.99. The fraction of sp³-hybridized carbons (Fsp3) is 0.429. The molecule has 2 heterocycles. The van der Waals surface area contributed by atoms with Gasteiger partial charge >= 0.3 is 6.03 Å². The monoisotopic (exact) mass is 338 g/mol. The van der Waals surface area contributed by atoms with Gasteiger partial charge in [-0.3, -0.25) is 9.69 Å². The fourth-order valence-electron chi connectivity index (χ4n) is 2.81. The van der Waals surface area contributed by atoms with Crippen LogP contribution in [0.4, 0.5) is 16.2 Å². The highest BCUT2D eigenvalue weighted by Gasteiger charge is 2.31. The molecule has 124 valence electrons. The average molecular weight is 338 g/mol. The van der Waals surface area contributed by atoms with Crippen molar-refractivity contribution < 1.29 is 18.0 Å². The van der Waals surface area contributed by atoms with Crippen molar-refractivity contribution in [3.8, 4) is 0 Å². The van der Waals surface area contributed by atoms with Crippen molar-refractivity contribution in [2.24, 2.45) is 0 Å². The van der Waals surface area contributed by atoms with Crippen LogP contribution in [0.3, 0.4) is 0 Å². The molecule has 2 aliphatic rings. The van der Waals surface area contributed by atoms with Crippen LogP contribution in [0.15, 0.2) is 23.1 Å². The van der Waals surface area contributed by atoms with Gasteiger partial charge in [0.15, 0.2) is 0 Å². The number of rotatable bonds is 2. The summed E-state index contributed by atoms with van der Waals surface area (Å²) in [5, 5.41) is 5.10. The first kappa shape index (κ1) is 15.8. The smallest absolute Gasteiger partial charge is 0.322 e. The second-order valence-corrected chi connectivity index (χ2v) is 7.42. The van der Waals surface area contributed by atoms with E-state index in [0.717, 1.165) is 12.8 Å². The van der Waals surface area contributed by atoms with Gasteiger partial charge in [-0.15, -0.1) is 0 Å². The van der Waals surface area contributed by atoms with Crippen molar-refractivity contribution in [3.63, 3.8) is 0 Å². The van der Waals surface area contributed by atoms with Gasteiger partial charge in [0.2, 0.25) is 15.9 Å². The summed E-state index contributed by atoms with van der Waals surface area (Å²) in [5.74, 6) is -0.323. The van der Waals surface area contributed by atoms with E-state index in [9.17, 15) is 18.0 Å². The number of hydrogen-bond donors (Lipinski definition) is 2. The molecule has 0 radical (unpaired) electrons. The van der Waals surface area contributed by atoms with Gasteiger partial charge in [-0.2, -0.15) is 4.31 Å². The number of nitrogens with one attached hydrogen (secondary N) is 2. The molecule has 2 N–H and O–H groups in total. The number of benzene rings is 1. The Morgan fingerprint density at radius 2 is 1.96 bits per heavy atom. The molecule has 1 aromatic rings. The predicted molar refractivity (Wildman–Crippen MR) is 84.9 cm³/mol. The topological polar surface area (TPSA) is 98.8 Å². The molecule has 3 rings (SSSR count). The van der Waals surface area contributed by atoms with Gasteiger partial charge in [-0.25, -0.2) is 13.2 Å². The van der Waals surface area contributed by atoms with Crippen molar-refractivity contribution in [3.05, 3.63) is 18.2 Å². The second-order valence-electron chi connectivity index (χ2n) is 5.48. The second kappa shape index (κ2) is 5.82. The molecule has 0 aliphatic carbocycles. The molecular weight excluding hydrogens is 320 g/mol. The number of anilines is 2. The minimum atomic E-state index is -3.58. The van der Waals surface area contributed by atoms with Crippen LogP contribution < -0.4 is 15.5 Å². The van der Waals surface area contributed by atoms with Gasteiger partial charge < -0.3 is 10.6 Å². The highest BCUT2D eigenvalue weighted by atomic mass is 32.2. The standard InChI is InChI=1S/C14H18N4O4S/c1-15-14(20)18-9-13(19)16-11-5-4-10(8-12(11)18)23(21,22)17-6-2-3-7-17/h4-5,8H,2-3,6-7,9H2,1H3,(H,15,20)(H,16,19). The lowest BCUT2D eigenvalue weighted by Crippen LogP contribution is -2.46. The Bertz CT molecular complexity index is 756. The third-order valence-corrected chi connectivity index (χ3v) is 5.89. The van der Waals surface area contributed by atoms with E-state index >= 15 is 0 Å². The molecule has 0 saturated carbocycles. The number of carbonyl (C=O) groups is 2. The minimum absolute atomic E-state index is 0.128. The van der Waals surface area contributed by atoms with Gasteiger partial charge in [0, 0.05) is 20.1 Å². The lowest BCUT2D eigenvalue weighted by molar-refractivity contribution is -0.115. The largest absolute Gasteiger partial charge is 0.341 e. The molecule has 0 bridgehead atoms. The highest BCUT2D eigenvalue weighted by molar-refractivity contribution is 7.89. The van der Waals surface area contributed by atoms with Crippen molar-refractivity contribution in [1.29, 1.82) is 0 Å². The summed E-state index contributed by atoms with van der Waals surface area (Å²) in [6, 6.07) is 3.96. The molecule has 8 nitrogen and oxygen atoms in total. The molecule has 1 fully saturated rings. The van der Waals surface area contributed by atoms with E-state index in [1.165, 1.54) is 34.5 Å². The van der Waals surface area contributed by atoms with Crippen molar-refractivity contribution >= 4 is 33.3 Å². The van der Waals surface area contributed by atoms with E-state index in [-0.39, 0.29) is 17.3 Å². The van der Waals surface area contributed by atoms with Gasteiger partial charge in [-0.1, -0.05) is 0 Å². The molecule has 9 heteroatoms. The summed E-state index contributed by atoms with van der Waals surface area (Å²) in [6.45, 7) is 0.866. The normalized spacial score (nSPS) is 18.5. The maximum absolute atomic E-state index is 12.7. The van der Waals surface area contributed by atoms with Gasteiger partial charge in [0.1, 0.15) is 6.54 Å². The maximum atomic E-state index is 12.7. The summed E-state index contributed by atoms with van der Waals surface area (Å²) in [5.41, 5.74) is 0.800. The summed E-state index contributed by atoms with van der Waals surface area (Å²) in [6.07, 6.45) is 1.70. The van der Waals surface area contributed by atoms with E-state index in [0.29, 0.717) is 24.5 Å². The Morgan fingerprint density at radius 1 is 1.26 bits per heavy atom. The van der Waals surface area contributed by atoms with Crippen LogP contribution in [0.2, 0.25) is 0 Å². The number of carbonyl (C=O) groups excluding carboxylic acids is 2. The third kappa shape index (κ3) is 2.77. The van der Waals surface area contributed by atoms with Crippen LogP contribution in [-0.2, 0) is 14.8 Å². The number of sulfonamides is 1. The Morgan fingerprint density at radius 3 is 2.61 bits per heavy atom. The van der Waals surface area contributed by atoms with Crippen LogP contribution in [0.5, 0.6) is 0 Å². The predicted octanol–water partition coefficient (Wildman–Crippen LogP) is 0.569. The molecule has 3 amide bonds. The highest BCUT2D eigenvalue weighted by Crippen LogP contribution is 2.33. The van der Waals surface area contributed by atoms with Crippen LogP contribution in [-0.4, -0.2) is 51.3 Å². The molecule has 23 heavy (non-hydrogen) atoms. The Hall–Kier alpha value is -2.13. The number of fused-ring (bicyclic) bond motifs is 1. The molecule has 0 spiro atoms. The van der Waals surface area contributed by atoms with E-state index in [1.807, 2.05) is 0 Å². The Labute approximate surface area is 134 Å². The zero-order valence-corrected chi connectivity index (χ0v) is 13.5. The molecule has 1 aromatic carbocycles. The van der Waals surface area contributed by atoms with Crippen LogP contribution in [0.25, 0.3) is 0 Å². The number of nitrogens with zero attached hydrogens (tertiary/aromatic N) is 2. The summed E-state index contributed by atoms with van der Waals surface area (Å²) >= 11 is 0. The van der Waals surface area contributed by atoms with Gasteiger partial charge in [0.25, 0.3) is 0 Å². The molecule has 2 aliphatic heterocycles. The quantitative estimate of drug-likeness (QED) is 0.823. The maximum Gasteiger partial charge on any atom is 0.322 e. The SMILES string of the molecule is CNC(=O)N1CC(=O)Nc2ccc(S(=O)(=O)N3CCCC3)cc21. The lowest BCUT2D eigenvalue weighted by atomic mass is 10.2. The van der Waals surface area contributed by atoms with Crippen molar-refractivity contribution in [1.82, 2.24) is 9.62 Å². The number of urea groups is 1. The third-order valence-electron chi connectivity index (χ3n) is 4.00. The summed E-state index contributed by atoms with van der Waals surface area (Å²) in [4.78, 5) is 25.0. The van der Waals surface area contributed by atoms with Crippen LogP contribution in [0, 0.1) is 0 Å². The van der Waals surface area contributed by atoms with Gasteiger partial charge in [-0.05, 0) is 31.0 Å². The number of hydrogen-bond acceptors (Lipinski definition) is 4. The first-order valence-electron chi connectivity index (χ1n) is 7.37. The zero-order chi connectivity index (χ0) is 16.6. The van der Waals surface area contributed by atoms with Gasteiger partial charge in [0.05, 0.1) is 16.3 Å². The van der Waals surface area contributed by atoms with E-state index in [4.69, 9.17) is 0 Å². The van der Waals surface area contributed by atoms with E-state index < -0.39 is 16.1 Å². The van der Waals surface area contributed by atoms with E-state index in [2.05, 4.69) is 10.6 Å². The van der Waals surface area contributed by atoms with Crippen LogP contribution in [0.1, 0.15) is 12.8 Å². The first-order valence-corrected chi connectivity index (χ1v) is 8.81. The summed E-state index contributed by atoms with van der Waals surface area (Å²) < 4.78 is 26.7. The average Bonchev–Trinajstić information content (AvgIpc) is 3.08. The fourth-order valence-corrected chi connectivity index (χ4v) is 4.35. The Balaban J connectivity index is 2.03. The molecule has 0 aromatic heterocycles. The summed E-state index contributed by atoms with van der Waals surface area (Å²) in [7, 11) is -2.12. The number of amides is 3. The van der Waals surface area contributed by atoms with Crippen LogP contribution >= 0.6 is 0 Å². The first-order chi connectivity index (χ1) is 10.9. The lowest BCUT2D eigenvalue weighted by Gasteiger charge is -2.29. The molecule has 0 unspecified atom stereocenters. The molecule has 1 saturated heterocycles. The molecular formula is C14H18N4O4S. The van der Waals surface area contributed by atoms with Crippen molar-refractivity contribution in [2.45, 2.75) is 17.7 Å². The zero-order valence-electron chi connectivity index (χ0n) is 12.7. The van der Waals surface area contributed by atoms with Crippen molar-refractivity contribution in [2.75, 3.05) is 36.9 Å². The minimum Gasteiger partial charge on any atom is -0.341 e. The molecule has 0 atom stereocenters.